The van der Waals surface area contributed by atoms with Crippen molar-refractivity contribution < 1.29 is 30.8 Å². The lowest BCUT2D eigenvalue weighted by atomic mass is 10.1. The van der Waals surface area contributed by atoms with E-state index in [0.29, 0.717) is 12.1 Å². The van der Waals surface area contributed by atoms with Gasteiger partial charge in [-0.1, -0.05) is 0 Å². The molecule has 10 heteroatoms. The van der Waals surface area contributed by atoms with Gasteiger partial charge >= 0.3 is 10.4 Å². The van der Waals surface area contributed by atoms with Gasteiger partial charge in [0.05, 0.1) is 16.6 Å². The first-order chi connectivity index (χ1) is 10.0. The quantitative estimate of drug-likeness (QED) is 0.664. The molecular formula is C12H9F2NO6S. The van der Waals surface area contributed by atoms with Crippen LogP contribution in [0.5, 0.6) is 0 Å². The zero-order chi connectivity index (χ0) is 16.8. The number of rotatable bonds is 3. The topological polar surface area (TPSA) is 103 Å². The molecule has 0 saturated heterocycles. The fraction of sp³-hybridized carbons (Fsp3) is 0.167. The number of fused-ring (bicyclic) bond motifs is 1. The number of carbonyl (C=O) groups excluding carboxylic acids is 1. The molecule has 0 unspecified atom stereocenters. The molecule has 0 radical (unpaired) electrons. The standard InChI is InChI=1S/C12H9F2NO6S/c1-5-10(6(2)16)12(17)8-3-7(13)4-9(14)11(8)15(5)21-22(18,19)20/h3-4H,1-2H3,(H,18,19,20). The van der Waals surface area contributed by atoms with Gasteiger partial charge in [-0.25, -0.2) is 8.78 Å². The van der Waals surface area contributed by atoms with Gasteiger partial charge in [-0.05, 0) is 19.9 Å². The number of pyridine rings is 1. The third kappa shape index (κ3) is 2.70. The smallest absolute Gasteiger partial charge is 0.294 e. The van der Waals surface area contributed by atoms with E-state index in [1.807, 2.05) is 0 Å². The summed E-state index contributed by atoms with van der Waals surface area (Å²) in [6.45, 7) is 2.13. The number of nitrogens with zero attached hydrogens (tertiary/aromatic N) is 1. The number of halogens is 2. The Morgan fingerprint density at radius 1 is 1.32 bits per heavy atom. The normalized spacial score (nSPS) is 11.7. The van der Waals surface area contributed by atoms with E-state index in [4.69, 9.17) is 4.55 Å². The first kappa shape index (κ1) is 16.0. The van der Waals surface area contributed by atoms with E-state index in [9.17, 15) is 26.8 Å². The lowest BCUT2D eigenvalue weighted by molar-refractivity contribution is 0.101. The van der Waals surface area contributed by atoms with Crippen LogP contribution in [-0.4, -0.2) is 23.5 Å². The SMILES string of the molecule is CC(=O)c1c(C)n(OS(=O)(=O)O)c2c(F)cc(F)cc2c1=O. The molecule has 0 spiro atoms. The van der Waals surface area contributed by atoms with E-state index in [-0.39, 0.29) is 10.4 Å². The summed E-state index contributed by atoms with van der Waals surface area (Å²) in [4.78, 5) is 23.7. The predicted molar refractivity (Wildman–Crippen MR) is 71.0 cm³/mol. The monoisotopic (exact) mass is 333 g/mol. The molecule has 0 amide bonds. The van der Waals surface area contributed by atoms with Gasteiger partial charge in [0.25, 0.3) is 0 Å². The number of ketones is 1. The van der Waals surface area contributed by atoms with Gasteiger partial charge in [-0.3, -0.25) is 18.4 Å². The second-order valence-corrected chi connectivity index (χ2v) is 5.43. The molecule has 0 atom stereocenters. The first-order valence-electron chi connectivity index (χ1n) is 5.75. The Labute approximate surface area is 122 Å². The minimum atomic E-state index is -5.08. The van der Waals surface area contributed by atoms with Gasteiger partial charge in [0.15, 0.2) is 11.6 Å². The Morgan fingerprint density at radius 3 is 2.41 bits per heavy atom. The Morgan fingerprint density at radius 2 is 1.91 bits per heavy atom. The van der Waals surface area contributed by atoms with Crippen LogP contribution >= 0.6 is 0 Å². The molecule has 1 aromatic carbocycles. The summed E-state index contributed by atoms with van der Waals surface area (Å²) in [5, 5.41) is -0.600. The number of benzene rings is 1. The van der Waals surface area contributed by atoms with Crippen LogP contribution in [0.4, 0.5) is 8.78 Å². The summed E-state index contributed by atoms with van der Waals surface area (Å²) in [5.41, 5.74) is -2.56. The van der Waals surface area contributed by atoms with Crippen LogP contribution in [-0.2, 0) is 10.4 Å². The highest BCUT2D eigenvalue weighted by atomic mass is 32.3. The van der Waals surface area contributed by atoms with Crippen LogP contribution < -0.4 is 9.71 Å². The average molecular weight is 333 g/mol. The van der Waals surface area contributed by atoms with Gasteiger partial charge in [0.1, 0.15) is 11.3 Å². The lowest BCUT2D eigenvalue weighted by Gasteiger charge is -2.15. The fourth-order valence-electron chi connectivity index (χ4n) is 2.12. The van der Waals surface area contributed by atoms with Crippen molar-refractivity contribution in [3.05, 3.63) is 45.2 Å². The fourth-order valence-corrected chi connectivity index (χ4v) is 2.49. The summed E-state index contributed by atoms with van der Waals surface area (Å²) in [7, 11) is -5.08. The number of hydrogen-bond acceptors (Lipinski definition) is 5. The van der Waals surface area contributed by atoms with Crippen LogP contribution in [0.2, 0.25) is 0 Å². The van der Waals surface area contributed by atoms with E-state index in [2.05, 4.69) is 4.28 Å². The molecule has 0 bridgehead atoms. The summed E-state index contributed by atoms with van der Waals surface area (Å²) >= 11 is 0. The number of carbonyl (C=O) groups is 1. The molecule has 1 N–H and O–H groups in total. The van der Waals surface area contributed by atoms with Crippen molar-refractivity contribution in [2.45, 2.75) is 13.8 Å². The van der Waals surface area contributed by atoms with Crippen LogP contribution in [0.15, 0.2) is 16.9 Å². The van der Waals surface area contributed by atoms with Crippen LogP contribution in [0, 0.1) is 18.6 Å². The summed E-state index contributed by atoms with van der Waals surface area (Å²) in [5.74, 6) is -3.16. The second kappa shape index (κ2) is 5.14. The largest absolute Gasteiger partial charge is 0.465 e. The molecular weight excluding hydrogens is 324 g/mol. The van der Waals surface area contributed by atoms with Gasteiger partial charge in [0, 0.05) is 6.07 Å². The highest BCUT2D eigenvalue weighted by Gasteiger charge is 2.23. The van der Waals surface area contributed by atoms with Crippen LogP contribution in [0.1, 0.15) is 23.0 Å². The van der Waals surface area contributed by atoms with E-state index in [1.165, 1.54) is 0 Å². The van der Waals surface area contributed by atoms with Gasteiger partial charge in [-0.15, -0.1) is 0 Å². The Hall–Kier alpha value is -2.33. The zero-order valence-electron chi connectivity index (χ0n) is 11.3. The maximum absolute atomic E-state index is 13.9. The molecule has 118 valence electrons. The van der Waals surface area contributed by atoms with Crippen molar-refractivity contribution in [2.24, 2.45) is 0 Å². The molecule has 1 aromatic heterocycles. The minimum absolute atomic E-state index is 0.261. The van der Waals surface area contributed by atoms with Crippen molar-refractivity contribution in [1.82, 2.24) is 4.73 Å². The summed E-state index contributed by atoms with van der Waals surface area (Å²) in [6, 6.07) is 1.04. The minimum Gasteiger partial charge on any atom is -0.294 e. The molecule has 0 aliphatic rings. The highest BCUT2D eigenvalue weighted by molar-refractivity contribution is 7.81. The molecule has 22 heavy (non-hydrogen) atoms. The second-order valence-electron chi connectivity index (χ2n) is 4.43. The van der Waals surface area contributed by atoms with Gasteiger partial charge in [-0.2, -0.15) is 13.1 Å². The predicted octanol–water partition coefficient (Wildman–Crippen LogP) is 1.02. The Bertz CT molecular complexity index is 964. The van der Waals surface area contributed by atoms with Crippen LogP contribution in [0.3, 0.4) is 0 Å². The van der Waals surface area contributed by atoms with Gasteiger partial charge < -0.3 is 0 Å². The molecule has 7 nitrogen and oxygen atoms in total. The third-order valence-corrected chi connectivity index (χ3v) is 3.23. The van der Waals surface area contributed by atoms with E-state index < -0.39 is 49.7 Å². The van der Waals surface area contributed by atoms with E-state index >= 15 is 0 Å². The van der Waals surface area contributed by atoms with Crippen molar-refractivity contribution in [3.8, 4) is 0 Å². The molecule has 0 saturated carbocycles. The van der Waals surface area contributed by atoms with Crippen molar-refractivity contribution in [3.63, 3.8) is 0 Å². The van der Waals surface area contributed by atoms with E-state index in [1.54, 1.807) is 0 Å². The summed E-state index contributed by atoms with van der Waals surface area (Å²) in [6.07, 6.45) is 0. The maximum atomic E-state index is 13.9. The Balaban J connectivity index is 3.11. The summed E-state index contributed by atoms with van der Waals surface area (Å²) < 4.78 is 62.3. The lowest BCUT2D eigenvalue weighted by Crippen LogP contribution is -2.28. The molecule has 1 heterocycles. The number of Topliss-reactive ketones (excluding diaryl/α,β-unsaturated/α-hetero) is 1. The van der Waals surface area contributed by atoms with Gasteiger partial charge in [0.2, 0.25) is 5.43 Å². The number of hydrogen-bond donors (Lipinski definition) is 1. The first-order valence-corrected chi connectivity index (χ1v) is 7.12. The number of aromatic nitrogens is 1. The molecule has 2 aromatic rings. The maximum Gasteiger partial charge on any atom is 0.465 e. The molecule has 0 aliphatic carbocycles. The zero-order valence-corrected chi connectivity index (χ0v) is 12.1. The van der Waals surface area contributed by atoms with E-state index in [0.717, 1.165) is 13.8 Å². The van der Waals surface area contributed by atoms with Crippen molar-refractivity contribution in [1.29, 1.82) is 0 Å². The van der Waals surface area contributed by atoms with Crippen LogP contribution in [0.25, 0.3) is 10.9 Å². The Kier molecular flexibility index (Phi) is 3.75. The molecule has 0 aliphatic heterocycles. The van der Waals surface area contributed by atoms with Crippen molar-refractivity contribution >= 4 is 27.1 Å². The average Bonchev–Trinajstić information content (AvgIpc) is 2.32. The highest BCUT2D eigenvalue weighted by Crippen LogP contribution is 2.20. The molecule has 0 fully saturated rings. The third-order valence-electron chi connectivity index (χ3n) is 2.89. The van der Waals surface area contributed by atoms with Crippen molar-refractivity contribution in [2.75, 3.05) is 0 Å². The molecule has 2 rings (SSSR count).